The molecule has 1 heterocycles. The van der Waals surface area contributed by atoms with Crippen molar-refractivity contribution in [3.8, 4) is 0 Å². The van der Waals surface area contributed by atoms with E-state index in [4.69, 9.17) is 16.7 Å². The molecule has 0 saturated carbocycles. The summed E-state index contributed by atoms with van der Waals surface area (Å²) in [6.07, 6.45) is 0. The third-order valence-electron chi connectivity index (χ3n) is 3.24. The Morgan fingerprint density at radius 3 is 2.74 bits per heavy atom. The molecule has 0 unspecified atom stereocenters. The van der Waals surface area contributed by atoms with Crippen molar-refractivity contribution in [2.75, 3.05) is 6.61 Å². The molecule has 0 saturated heterocycles. The normalized spacial score (nSPS) is 14.3. The van der Waals surface area contributed by atoms with E-state index in [2.05, 4.69) is 5.32 Å². The Hall–Kier alpha value is -1.10. The lowest BCUT2D eigenvalue weighted by atomic mass is 10.1. The molecule has 2 N–H and O–H groups in total. The first kappa shape index (κ1) is 14.3. The van der Waals surface area contributed by atoms with Gasteiger partial charge in [-0.05, 0) is 18.9 Å². The molecule has 3 nitrogen and oxygen atoms in total. The summed E-state index contributed by atoms with van der Waals surface area (Å²) in [5, 5.41) is 13.4. The quantitative estimate of drug-likeness (QED) is 0.909. The van der Waals surface area contributed by atoms with Crippen molar-refractivity contribution >= 4 is 38.9 Å². The number of aliphatic hydroxyl groups excluding tert-OH is 1. The van der Waals surface area contributed by atoms with Crippen molar-refractivity contribution in [1.82, 2.24) is 5.32 Å². The van der Waals surface area contributed by atoms with Gasteiger partial charge in [0.25, 0.3) is 5.91 Å². The van der Waals surface area contributed by atoms with Crippen LogP contribution in [0, 0.1) is 5.92 Å². The molecule has 1 aromatic carbocycles. The van der Waals surface area contributed by atoms with Crippen LogP contribution in [-0.4, -0.2) is 23.7 Å². The number of benzene rings is 1. The minimum absolute atomic E-state index is 0.0112. The van der Waals surface area contributed by atoms with Crippen LogP contribution in [0.25, 0.3) is 10.1 Å². The van der Waals surface area contributed by atoms with Crippen molar-refractivity contribution in [2.24, 2.45) is 5.92 Å². The average molecular weight is 298 g/mol. The molecule has 0 spiro atoms. The molecule has 19 heavy (non-hydrogen) atoms. The zero-order valence-electron chi connectivity index (χ0n) is 10.8. The van der Waals surface area contributed by atoms with E-state index in [1.54, 1.807) is 0 Å². The van der Waals surface area contributed by atoms with Gasteiger partial charge in [0.15, 0.2) is 0 Å². The maximum Gasteiger partial charge on any atom is 0.263 e. The number of rotatable bonds is 4. The molecule has 5 heteroatoms. The van der Waals surface area contributed by atoms with Crippen LogP contribution < -0.4 is 5.32 Å². The summed E-state index contributed by atoms with van der Waals surface area (Å²) in [6.45, 7) is 3.80. The summed E-state index contributed by atoms with van der Waals surface area (Å²) in [5.74, 6) is -0.170. The lowest BCUT2D eigenvalue weighted by molar-refractivity contribution is 0.0920. The van der Waals surface area contributed by atoms with Gasteiger partial charge in [0.05, 0.1) is 5.02 Å². The average Bonchev–Trinajstić information content (AvgIpc) is 2.75. The number of nitrogens with one attached hydrogen (secondary N) is 1. The molecule has 0 aliphatic rings. The number of fused-ring (bicyclic) bond motifs is 1. The zero-order valence-corrected chi connectivity index (χ0v) is 12.4. The molecular formula is C14H16ClNO2S. The highest BCUT2D eigenvalue weighted by Gasteiger charge is 2.20. The van der Waals surface area contributed by atoms with E-state index in [0.717, 1.165) is 10.1 Å². The second-order valence-corrected chi connectivity index (χ2v) is 6.09. The molecule has 2 atom stereocenters. The molecule has 2 rings (SSSR count). The van der Waals surface area contributed by atoms with E-state index in [9.17, 15) is 4.79 Å². The van der Waals surface area contributed by atoms with Crippen LogP contribution in [0.5, 0.6) is 0 Å². The number of amides is 1. The second-order valence-electron chi connectivity index (χ2n) is 4.66. The predicted octanol–water partition coefficient (Wildman–Crippen LogP) is 3.30. The number of carbonyl (C=O) groups is 1. The standard InChI is InChI=1S/C14H16ClNO2S/c1-8(7-17)9(2)16-14(18)13-12(15)10-5-3-4-6-11(10)19-13/h3-6,8-9,17H,7H2,1-2H3,(H,16,18)/t8-,9-/m0/s1. The zero-order chi connectivity index (χ0) is 14.0. The van der Waals surface area contributed by atoms with E-state index in [1.165, 1.54) is 11.3 Å². The number of halogens is 1. The molecule has 0 fully saturated rings. The summed E-state index contributed by atoms with van der Waals surface area (Å²) < 4.78 is 1.00. The van der Waals surface area contributed by atoms with Crippen LogP contribution in [0.4, 0.5) is 0 Å². The minimum atomic E-state index is -0.181. The molecule has 102 valence electrons. The van der Waals surface area contributed by atoms with Gasteiger partial charge in [-0.3, -0.25) is 4.79 Å². The Morgan fingerprint density at radius 1 is 1.42 bits per heavy atom. The molecule has 1 aromatic heterocycles. The van der Waals surface area contributed by atoms with Gasteiger partial charge in [0.2, 0.25) is 0 Å². The van der Waals surface area contributed by atoms with Crippen LogP contribution >= 0.6 is 22.9 Å². The summed E-state index contributed by atoms with van der Waals surface area (Å²) in [6, 6.07) is 7.58. The first-order valence-corrected chi connectivity index (χ1v) is 7.32. The molecule has 0 radical (unpaired) electrons. The third-order valence-corrected chi connectivity index (χ3v) is 4.92. The molecule has 0 aliphatic carbocycles. The number of carbonyl (C=O) groups excluding carboxylic acids is 1. The lowest BCUT2D eigenvalue weighted by Crippen LogP contribution is -2.38. The van der Waals surface area contributed by atoms with Crippen molar-refractivity contribution in [3.05, 3.63) is 34.2 Å². The van der Waals surface area contributed by atoms with Crippen LogP contribution in [0.15, 0.2) is 24.3 Å². The van der Waals surface area contributed by atoms with Crippen molar-refractivity contribution < 1.29 is 9.90 Å². The van der Waals surface area contributed by atoms with Gasteiger partial charge in [0.1, 0.15) is 4.88 Å². The van der Waals surface area contributed by atoms with Gasteiger partial charge in [-0.2, -0.15) is 0 Å². The van der Waals surface area contributed by atoms with Crippen molar-refractivity contribution in [3.63, 3.8) is 0 Å². The van der Waals surface area contributed by atoms with Crippen LogP contribution in [0.1, 0.15) is 23.5 Å². The third kappa shape index (κ3) is 2.91. The van der Waals surface area contributed by atoms with Gasteiger partial charge in [-0.1, -0.05) is 36.7 Å². The fraction of sp³-hybridized carbons (Fsp3) is 0.357. The summed E-state index contributed by atoms with van der Waals surface area (Å²) in [7, 11) is 0. The van der Waals surface area contributed by atoms with E-state index < -0.39 is 0 Å². The largest absolute Gasteiger partial charge is 0.396 e. The summed E-state index contributed by atoms with van der Waals surface area (Å²) in [5.41, 5.74) is 0. The van der Waals surface area contributed by atoms with Crippen LogP contribution in [0.3, 0.4) is 0 Å². The number of hydrogen-bond acceptors (Lipinski definition) is 3. The van der Waals surface area contributed by atoms with Gasteiger partial charge >= 0.3 is 0 Å². The van der Waals surface area contributed by atoms with Gasteiger partial charge in [-0.15, -0.1) is 11.3 Å². The first-order valence-electron chi connectivity index (χ1n) is 6.13. The van der Waals surface area contributed by atoms with Crippen molar-refractivity contribution in [2.45, 2.75) is 19.9 Å². The minimum Gasteiger partial charge on any atom is -0.396 e. The fourth-order valence-electron chi connectivity index (χ4n) is 1.73. The molecule has 0 aliphatic heterocycles. The van der Waals surface area contributed by atoms with Gasteiger partial charge in [-0.25, -0.2) is 0 Å². The molecular weight excluding hydrogens is 282 g/mol. The summed E-state index contributed by atoms with van der Waals surface area (Å²) in [4.78, 5) is 12.7. The smallest absolute Gasteiger partial charge is 0.263 e. The second kappa shape index (κ2) is 5.90. The van der Waals surface area contributed by atoms with E-state index in [1.807, 2.05) is 38.1 Å². The lowest BCUT2D eigenvalue weighted by Gasteiger charge is -2.18. The topological polar surface area (TPSA) is 49.3 Å². The Balaban J connectivity index is 2.24. The highest BCUT2D eigenvalue weighted by Crippen LogP contribution is 2.35. The number of thiophene rings is 1. The Morgan fingerprint density at radius 2 is 2.11 bits per heavy atom. The number of hydrogen-bond donors (Lipinski definition) is 2. The van der Waals surface area contributed by atoms with E-state index in [0.29, 0.717) is 9.90 Å². The van der Waals surface area contributed by atoms with Crippen LogP contribution in [-0.2, 0) is 0 Å². The predicted molar refractivity (Wildman–Crippen MR) is 80.0 cm³/mol. The highest BCUT2D eigenvalue weighted by molar-refractivity contribution is 7.21. The molecule has 0 bridgehead atoms. The van der Waals surface area contributed by atoms with Crippen molar-refractivity contribution in [1.29, 1.82) is 0 Å². The van der Waals surface area contributed by atoms with Crippen LogP contribution in [0.2, 0.25) is 5.02 Å². The Bertz CT molecular complexity index is 596. The maximum atomic E-state index is 12.2. The Kier molecular flexibility index (Phi) is 4.45. The van der Waals surface area contributed by atoms with Gasteiger partial charge in [0, 0.05) is 22.7 Å². The molecule has 1 amide bonds. The number of aliphatic hydroxyl groups is 1. The monoisotopic (exact) mass is 297 g/mol. The summed E-state index contributed by atoms with van der Waals surface area (Å²) >= 11 is 7.64. The van der Waals surface area contributed by atoms with Gasteiger partial charge < -0.3 is 10.4 Å². The molecule has 2 aromatic rings. The first-order chi connectivity index (χ1) is 9.04. The fourth-order valence-corrected chi connectivity index (χ4v) is 3.15. The highest BCUT2D eigenvalue weighted by atomic mass is 35.5. The van der Waals surface area contributed by atoms with E-state index >= 15 is 0 Å². The van der Waals surface area contributed by atoms with E-state index in [-0.39, 0.29) is 24.5 Å². The Labute approximate surface area is 121 Å². The SMILES string of the molecule is C[C@H](NC(=O)c1sc2ccccc2c1Cl)[C@@H](C)CO. The maximum absolute atomic E-state index is 12.2.